The van der Waals surface area contributed by atoms with Crippen LogP contribution in [-0.2, 0) is 0 Å². The summed E-state index contributed by atoms with van der Waals surface area (Å²) in [6, 6.07) is 7.04. The first-order valence-corrected chi connectivity index (χ1v) is 8.39. The lowest BCUT2D eigenvalue weighted by Gasteiger charge is -2.14. The zero-order valence-electron chi connectivity index (χ0n) is 14.8. The molecule has 0 N–H and O–H groups in total. The maximum atomic E-state index is 13.4. The SMILES string of the molecule is C=Cc1c(-c2ccc(F)cc2)c2c(n1C(C)C)=CC=CC(C)(C)C=2. The van der Waals surface area contributed by atoms with Crippen molar-refractivity contribution >= 4 is 18.2 Å². The van der Waals surface area contributed by atoms with Gasteiger partial charge in [0.15, 0.2) is 0 Å². The second kappa shape index (κ2) is 5.94. The summed E-state index contributed by atoms with van der Waals surface area (Å²) in [5.74, 6) is -0.217. The van der Waals surface area contributed by atoms with Crippen LogP contribution in [-0.4, -0.2) is 4.57 Å². The van der Waals surface area contributed by atoms with E-state index in [0.29, 0.717) is 6.04 Å². The van der Waals surface area contributed by atoms with Crippen LogP contribution in [0.3, 0.4) is 0 Å². The van der Waals surface area contributed by atoms with E-state index in [4.69, 9.17) is 0 Å². The van der Waals surface area contributed by atoms with Gasteiger partial charge in [-0.15, -0.1) is 0 Å². The lowest BCUT2D eigenvalue weighted by atomic mass is 9.91. The van der Waals surface area contributed by atoms with Gasteiger partial charge in [0.2, 0.25) is 0 Å². The summed E-state index contributed by atoms with van der Waals surface area (Å²) < 4.78 is 15.7. The Labute approximate surface area is 143 Å². The van der Waals surface area contributed by atoms with Crippen LogP contribution >= 0.6 is 0 Å². The molecule has 1 heterocycles. The Morgan fingerprint density at radius 2 is 1.83 bits per heavy atom. The molecule has 1 aliphatic rings. The second-order valence-electron chi connectivity index (χ2n) is 7.23. The van der Waals surface area contributed by atoms with Gasteiger partial charge in [0.1, 0.15) is 5.82 Å². The van der Waals surface area contributed by atoms with Gasteiger partial charge in [-0.1, -0.05) is 50.8 Å². The quantitative estimate of drug-likeness (QED) is 0.774. The van der Waals surface area contributed by atoms with Crippen molar-refractivity contribution in [1.29, 1.82) is 0 Å². The van der Waals surface area contributed by atoms with E-state index in [-0.39, 0.29) is 11.2 Å². The molecule has 1 aliphatic carbocycles. The maximum Gasteiger partial charge on any atom is 0.123 e. The van der Waals surface area contributed by atoms with E-state index in [0.717, 1.165) is 16.8 Å². The average molecular weight is 321 g/mol. The van der Waals surface area contributed by atoms with Crippen molar-refractivity contribution in [2.24, 2.45) is 5.41 Å². The van der Waals surface area contributed by atoms with Gasteiger partial charge in [0.25, 0.3) is 0 Å². The van der Waals surface area contributed by atoms with Gasteiger partial charge < -0.3 is 4.57 Å². The van der Waals surface area contributed by atoms with Crippen molar-refractivity contribution in [2.45, 2.75) is 33.7 Å². The first-order chi connectivity index (χ1) is 11.3. The number of hydrogen-bond donors (Lipinski definition) is 0. The smallest absolute Gasteiger partial charge is 0.123 e. The number of rotatable bonds is 3. The molecule has 0 radical (unpaired) electrons. The molecule has 2 aromatic rings. The summed E-state index contributed by atoms with van der Waals surface area (Å²) in [6.07, 6.45) is 10.7. The van der Waals surface area contributed by atoms with Crippen LogP contribution in [0, 0.1) is 11.2 Å². The molecule has 0 saturated carbocycles. The predicted octanol–water partition coefficient (Wildman–Crippen LogP) is 4.68. The number of hydrogen-bond acceptors (Lipinski definition) is 0. The number of halogens is 1. The molecule has 0 unspecified atom stereocenters. The summed E-state index contributed by atoms with van der Waals surface area (Å²) in [5.41, 5.74) is 3.18. The second-order valence-corrected chi connectivity index (χ2v) is 7.23. The molecule has 0 spiro atoms. The van der Waals surface area contributed by atoms with E-state index in [9.17, 15) is 4.39 Å². The molecule has 124 valence electrons. The van der Waals surface area contributed by atoms with Gasteiger partial charge in [-0.25, -0.2) is 4.39 Å². The largest absolute Gasteiger partial charge is 0.338 e. The highest BCUT2D eigenvalue weighted by Crippen LogP contribution is 2.26. The Bertz CT molecular complexity index is 922. The van der Waals surface area contributed by atoms with Crippen molar-refractivity contribution < 1.29 is 4.39 Å². The van der Waals surface area contributed by atoms with Gasteiger partial charge in [-0.05, 0) is 43.7 Å². The minimum atomic E-state index is -0.217. The maximum absolute atomic E-state index is 13.4. The molecule has 0 aliphatic heterocycles. The zero-order valence-corrected chi connectivity index (χ0v) is 14.8. The Hall–Kier alpha value is -2.35. The highest BCUT2D eigenvalue weighted by atomic mass is 19.1. The van der Waals surface area contributed by atoms with Crippen molar-refractivity contribution in [3.05, 3.63) is 65.1 Å². The van der Waals surface area contributed by atoms with Gasteiger partial charge >= 0.3 is 0 Å². The van der Waals surface area contributed by atoms with Crippen LogP contribution in [0.25, 0.3) is 29.4 Å². The van der Waals surface area contributed by atoms with Gasteiger partial charge in [-0.3, -0.25) is 0 Å². The highest BCUT2D eigenvalue weighted by Gasteiger charge is 2.20. The molecule has 0 amide bonds. The first-order valence-electron chi connectivity index (χ1n) is 8.39. The normalized spacial score (nSPS) is 15.4. The van der Waals surface area contributed by atoms with E-state index in [1.165, 1.54) is 22.7 Å². The third-order valence-electron chi connectivity index (χ3n) is 4.46. The number of fused-ring (bicyclic) bond motifs is 1. The van der Waals surface area contributed by atoms with Gasteiger partial charge in [-0.2, -0.15) is 0 Å². The zero-order chi connectivity index (χ0) is 17.5. The number of allylic oxidation sites excluding steroid dienone is 2. The van der Waals surface area contributed by atoms with E-state index >= 15 is 0 Å². The molecule has 1 aromatic heterocycles. The number of nitrogens with zero attached hydrogens (tertiary/aromatic N) is 1. The predicted molar refractivity (Wildman–Crippen MR) is 101 cm³/mol. The molecule has 1 nitrogen and oxygen atoms in total. The monoisotopic (exact) mass is 321 g/mol. The van der Waals surface area contributed by atoms with Crippen LogP contribution in [0.5, 0.6) is 0 Å². The molecule has 3 rings (SSSR count). The molecule has 0 saturated heterocycles. The number of aromatic nitrogens is 1. The van der Waals surface area contributed by atoms with E-state index in [1.807, 2.05) is 18.2 Å². The van der Waals surface area contributed by atoms with E-state index in [1.54, 1.807) is 0 Å². The summed E-state index contributed by atoms with van der Waals surface area (Å²) in [7, 11) is 0. The fraction of sp³-hybridized carbons (Fsp3) is 0.273. The Morgan fingerprint density at radius 3 is 2.42 bits per heavy atom. The van der Waals surface area contributed by atoms with Crippen molar-refractivity contribution in [1.82, 2.24) is 4.57 Å². The Balaban J connectivity index is 2.49. The molecular formula is C22H24FN. The van der Waals surface area contributed by atoms with Crippen LogP contribution in [0.2, 0.25) is 0 Å². The lowest BCUT2D eigenvalue weighted by Crippen LogP contribution is -2.31. The fourth-order valence-corrected chi connectivity index (χ4v) is 3.45. The van der Waals surface area contributed by atoms with E-state index in [2.05, 4.69) is 63.1 Å². The van der Waals surface area contributed by atoms with Crippen LogP contribution in [0.15, 0.2) is 43.0 Å². The molecular weight excluding hydrogens is 297 g/mol. The minimum absolute atomic E-state index is 0.0435. The summed E-state index contributed by atoms with van der Waals surface area (Å²) in [6.45, 7) is 12.8. The van der Waals surface area contributed by atoms with Crippen molar-refractivity contribution in [3.8, 4) is 11.1 Å². The third-order valence-corrected chi connectivity index (χ3v) is 4.46. The highest BCUT2D eigenvalue weighted by molar-refractivity contribution is 5.76. The molecule has 0 atom stereocenters. The standard InChI is InChI=1S/C22H24FN/c1-6-19-21(16-9-11-17(23)12-10-16)18-14-22(4,5)13-7-8-20(18)24(19)15(2)3/h6-15H,1H2,2-5H3. The van der Waals surface area contributed by atoms with Crippen LogP contribution < -0.4 is 10.6 Å². The summed E-state index contributed by atoms with van der Waals surface area (Å²) in [5, 5.41) is 2.38. The van der Waals surface area contributed by atoms with Crippen LogP contribution in [0.4, 0.5) is 4.39 Å². The van der Waals surface area contributed by atoms with Crippen LogP contribution in [0.1, 0.15) is 39.4 Å². The Morgan fingerprint density at radius 1 is 1.17 bits per heavy atom. The lowest BCUT2D eigenvalue weighted by molar-refractivity contribution is 0.584. The fourth-order valence-electron chi connectivity index (χ4n) is 3.45. The average Bonchev–Trinajstić information content (AvgIpc) is 2.72. The van der Waals surface area contributed by atoms with Gasteiger partial charge in [0, 0.05) is 33.3 Å². The van der Waals surface area contributed by atoms with E-state index < -0.39 is 0 Å². The Kier molecular flexibility index (Phi) is 4.08. The summed E-state index contributed by atoms with van der Waals surface area (Å²) >= 11 is 0. The number of benzene rings is 1. The minimum Gasteiger partial charge on any atom is -0.338 e. The summed E-state index contributed by atoms with van der Waals surface area (Å²) in [4.78, 5) is 0. The molecule has 0 fully saturated rings. The molecule has 1 aromatic carbocycles. The van der Waals surface area contributed by atoms with Crippen molar-refractivity contribution in [3.63, 3.8) is 0 Å². The van der Waals surface area contributed by atoms with Crippen molar-refractivity contribution in [2.75, 3.05) is 0 Å². The molecule has 24 heavy (non-hydrogen) atoms. The molecule has 0 bridgehead atoms. The van der Waals surface area contributed by atoms with Gasteiger partial charge in [0.05, 0.1) is 0 Å². The third kappa shape index (κ3) is 2.77. The molecule has 2 heteroatoms. The topological polar surface area (TPSA) is 4.93 Å². The first kappa shape index (κ1) is 16.5.